The van der Waals surface area contributed by atoms with Crippen LogP contribution in [-0.4, -0.2) is 76.3 Å². The van der Waals surface area contributed by atoms with E-state index in [2.05, 4.69) is 15.2 Å². The largest absolute Gasteiger partial charge is 0.383 e. The highest BCUT2D eigenvalue weighted by molar-refractivity contribution is 5.79. The minimum absolute atomic E-state index is 0.512. The molecular formula is C11H24N4O. The molecule has 1 fully saturated rings. The molecule has 94 valence electrons. The Bertz CT molecular complexity index is 230. The van der Waals surface area contributed by atoms with Crippen molar-refractivity contribution >= 4 is 5.96 Å². The molecule has 1 aliphatic heterocycles. The Morgan fingerprint density at radius 1 is 1.56 bits per heavy atom. The molecule has 0 amide bonds. The fourth-order valence-electron chi connectivity index (χ4n) is 1.95. The predicted molar refractivity (Wildman–Crippen MR) is 66.9 cm³/mol. The Morgan fingerprint density at radius 2 is 2.31 bits per heavy atom. The molecule has 5 nitrogen and oxygen atoms in total. The van der Waals surface area contributed by atoms with Crippen LogP contribution in [0.25, 0.3) is 0 Å². The first-order valence-electron chi connectivity index (χ1n) is 5.79. The Morgan fingerprint density at radius 3 is 2.88 bits per heavy atom. The highest BCUT2D eigenvalue weighted by atomic mass is 16.5. The van der Waals surface area contributed by atoms with Gasteiger partial charge in [0.1, 0.15) is 0 Å². The predicted octanol–water partition coefficient (Wildman–Crippen LogP) is -0.156. The molecular weight excluding hydrogens is 204 g/mol. The first-order chi connectivity index (χ1) is 7.67. The van der Waals surface area contributed by atoms with Gasteiger partial charge in [0.15, 0.2) is 5.96 Å². The highest BCUT2D eigenvalue weighted by Crippen LogP contribution is 2.08. The van der Waals surface area contributed by atoms with Gasteiger partial charge in [0.2, 0.25) is 0 Å². The Kier molecular flexibility index (Phi) is 5.55. The van der Waals surface area contributed by atoms with E-state index in [0.717, 1.165) is 32.2 Å². The number of rotatable bonds is 4. The molecule has 0 saturated carbocycles. The molecule has 0 spiro atoms. The standard InChI is InChI=1S/C11H24N4O/c1-12-11(14(2)3)13-10-5-6-15(9-10)7-8-16-4/h10H,5-9H2,1-4H3,(H,12,13). The maximum atomic E-state index is 5.09. The molecule has 1 atom stereocenters. The summed E-state index contributed by atoms with van der Waals surface area (Å²) in [4.78, 5) is 8.66. The van der Waals surface area contributed by atoms with Crippen molar-refractivity contribution < 1.29 is 4.74 Å². The third kappa shape index (κ3) is 3.98. The quantitative estimate of drug-likeness (QED) is 0.536. The highest BCUT2D eigenvalue weighted by Gasteiger charge is 2.22. The first kappa shape index (κ1) is 13.3. The SMILES string of the molecule is CN=C(NC1CCN(CCOC)C1)N(C)C. The molecule has 0 aliphatic carbocycles. The number of likely N-dealkylation sites (tertiary alicyclic amines) is 1. The van der Waals surface area contributed by atoms with Crippen LogP contribution in [0.1, 0.15) is 6.42 Å². The maximum Gasteiger partial charge on any atom is 0.193 e. The minimum atomic E-state index is 0.512. The molecule has 1 heterocycles. The average molecular weight is 228 g/mol. The molecule has 5 heteroatoms. The molecule has 1 saturated heterocycles. The maximum absolute atomic E-state index is 5.09. The molecule has 0 aromatic carbocycles. The number of ether oxygens (including phenoxy) is 1. The van der Waals surface area contributed by atoms with Crippen LogP contribution in [0.5, 0.6) is 0 Å². The van der Waals surface area contributed by atoms with E-state index < -0.39 is 0 Å². The molecule has 0 radical (unpaired) electrons. The molecule has 0 aromatic rings. The van der Waals surface area contributed by atoms with Gasteiger partial charge < -0.3 is 15.0 Å². The number of nitrogens with one attached hydrogen (secondary N) is 1. The molecule has 1 rings (SSSR count). The van der Waals surface area contributed by atoms with Crippen molar-refractivity contribution in [2.45, 2.75) is 12.5 Å². The second-order valence-electron chi connectivity index (χ2n) is 4.36. The van der Waals surface area contributed by atoms with E-state index in [1.807, 2.05) is 26.0 Å². The lowest BCUT2D eigenvalue weighted by Gasteiger charge is -2.21. The van der Waals surface area contributed by atoms with Gasteiger partial charge >= 0.3 is 0 Å². The number of nitrogens with zero attached hydrogens (tertiary/aromatic N) is 3. The van der Waals surface area contributed by atoms with Gasteiger partial charge in [-0.3, -0.25) is 9.89 Å². The van der Waals surface area contributed by atoms with Gasteiger partial charge in [-0.25, -0.2) is 0 Å². The summed E-state index contributed by atoms with van der Waals surface area (Å²) in [5.74, 6) is 0.957. The first-order valence-corrected chi connectivity index (χ1v) is 5.79. The van der Waals surface area contributed by atoms with E-state index in [-0.39, 0.29) is 0 Å². The Balaban J connectivity index is 2.30. The van der Waals surface area contributed by atoms with Crippen molar-refractivity contribution in [2.24, 2.45) is 4.99 Å². The lowest BCUT2D eigenvalue weighted by molar-refractivity contribution is 0.160. The molecule has 0 aromatic heterocycles. The van der Waals surface area contributed by atoms with E-state index in [1.54, 1.807) is 7.11 Å². The smallest absolute Gasteiger partial charge is 0.193 e. The topological polar surface area (TPSA) is 40.1 Å². The average Bonchev–Trinajstić information content (AvgIpc) is 2.70. The van der Waals surface area contributed by atoms with E-state index in [4.69, 9.17) is 4.74 Å². The van der Waals surface area contributed by atoms with E-state index in [0.29, 0.717) is 6.04 Å². The van der Waals surface area contributed by atoms with Crippen LogP contribution in [0, 0.1) is 0 Å². The summed E-state index contributed by atoms with van der Waals surface area (Å²) in [6.07, 6.45) is 1.18. The summed E-state index contributed by atoms with van der Waals surface area (Å²) in [6, 6.07) is 0.512. The van der Waals surface area contributed by atoms with E-state index in [1.165, 1.54) is 6.42 Å². The molecule has 1 N–H and O–H groups in total. The molecule has 1 aliphatic rings. The Labute approximate surface area is 98.5 Å². The zero-order chi connectivity index (χ0) is 12.0. The summed E-state index contributed by atoms with van der Waals surface area (Å²) < 4.78 is 5.09. The lowest BCUT2D eigenvalue weighted by Crippen LogP contribution is -2.44. The van der Waals surface area contributed by atoms with Crippen molar-refractivity contribution in [3.63, 3.8) is 0 Å². The van der Waals surface area contributed by atoms with Gasteiger partial charge in [-0.1, -0.05) is 0 Å². The zero-order valence-electron chi connectivity index (χ0n) is 10.9. The third-order valence-electron chi connectivity index (χ3n) is 2.85. The monoisotopic (exact) mass is 228 g/mol. The zero-order valence-corrected chi connectivity index (χ0v) is 10.9. The van der Waals surface area contributed by atoms with Crippen LogP contribution in [0.4, 0.5) is 0 Å². The summed E-state index contributed by atoms with van der Waals surface area (Å²) in [5, 5.41) is 3.46. The normalized spacial score (nSPS) is 22.5. The second kappa shape index (κ2) is 6.70. The second-order valence-corrected chi connectivity index (χ2v) is 4.36. The van der Waals surface area contributed by atoms with Crippen molar-refractivity contribution in [1.82, 2.24) is 15.1 Å². The van der Waals surface area contributed by atoms with Crippen LogP contribution in [0.2, 0.25) is 0 Å². The third-order valence-corrected chi connectivity index (χ3v) is 2.85. The molecule has 0 bridgehead atoms. The van der Waals surface area contributed by atoms with Crippen LogP contribution in [-0.2, 0) is 4.74 Å². The van der Waals surface area contributed by atoms with Gasteiger partial charge in [-0.15, -0.1) is 0 Å². The fourth-order valence-corrected chi connectivity index (χ4v) is 1.95. The van der Waals surface area contributed by atoms with Crippen molar-refractivity contribution in [1.29, 1.82) is 0 Å². The van der Waals surface area contributed by atoms with Gasteiger partial charge in [0, 0.05) is 53.9 Å². The molecule has 16 heavy (non-hydrogen) atoms. The van der Waals surface area contributed by atoms with Crippen LogP contribution >= 0.6 is 0 Å². The summed E-state index contributed by atoms with van der Waals surface area (Å²) >= 11 is 0. The van der Waals surface area contributed by atoms with Gasteiger partial charge in [-0.2, -0.15) is 0 Å². The summed E-state index contributed by atoms with van der Waals surface area (Å²) in [6.45, 7) is 4.06. The fraction of sp³-hybridized carbons (Fsp3) is 0.909. The number of hydrogen-bond acceptors (Lipinski definition) is 3. The molecule has 1 unspecified atom stereocenters. The number of guanidine groups is 1. The van der Waals surface area contributed by atoms with Crippen LogP contribution in [0.3, 0.4) is 0 Å². The summed E-state index contributed by atoms with van der Waals surface area (Å²) in [7, 11) is 7.58. The van der Waals surface area contributed by atoms with Gasteiger partial charge in [0.25, 0.3) is 0 Å². The van der Waals surface area contributed by atoms with E-state index >= 15 is 0 Å². The Hall–Kier alpha value is -0.810. The van der Waals surface area contributed by atoms with Crippen molar-refractivity contribution in [3.8, 4) is 0 Å². The number of hydrogen-bond donors (Lipinski definition) is 1. The van der Waals surface area contributed by atoms with Crippen molar-refractivity contribution in [2.75, 3.05) is 54.5 Å². The van der Waals surface area contributed by atoms with Crippen LogP contribution < -0.4 is 5.32 Å². The van der Waals surface area contributed by atoms with Crippen LogP contribution in [0.15, 0.2) is 4.99 Å². The number of aliphatic imine (C=N–C) groups is 1. The number of methoxy groups -OCH3 is 1. The van der Waals surface area contributed by atoms with Gasteiger partial charge in [0.05, 0.1) is 6.61 Å². The minimum Gasteiger partial charge on any atom is -0.383 e. The lowest BCUT2D eigenvalue weighted by atomic mass is 10.3. The van der Waals surface area contributed by atoms with Gasteiger partial charge in [-0.05, 0) is 6.42 Å². The summed E-state index contributed by atoms with van der Waals surface area (Å²) in [5.41, 5.74) is 0. The van der Waals surface area contributed by atoms with E-state index in [9.17, 15) is 0 Å². The van der Waals surface area contributed by atoms with Crippen molar-refractivity contribution in [3.05, 3.63) is 0 Å².